The van der Waals surface area contributed by atoms with Crippen molar-refractivity contribution >= 4 is 6.29 Å². The zero-order valence-corrected chi connectivity index (χ0v) is 17.4. The van der Waals surface area contributed by atoms with Gasteiger partial charge in [-0.25, -0.2) is 0 Å². The molecule has 8 heteroatoms. The number of benzene rings is 1. The summed E-state index contributed by atoms with van der Waals surface area (Å²) in [6.07, 6.45) is 5.85. The highest BCUT2D eigenvalue weighted by Gasteiger charge is 1.96. The van der Waals surface area contributed by atoms with Gasteiger partial charge in [0, 0.05) is 5.56 Å². The number of terminal acetylenes is 1. The maximum atomic E-state index is 10.6. The molecule has 168 valence electrons. The lowest BCUT2D eigenvalue weighted by molar-refractivity contribution is -0.0167. The van der Waals surface area contributed by atoms with Gasteiger partial charge in [0.1, 0.15) is 25.2 Å². The summed E-state index contributed by atoms with van der Waals surface area (Å²) in [5.41, 5.74) is 0.622. The molecule has 8 nitrogen and oxygen atoms in total. The Bertz CT molecular complexity index is 555. The second-order valence-electron chi connectivity index (χ2n) is 5.85. The minimum Gasteiger partial charge on any atom is -0.491 e. The molecule has 1 aromatic rings. The first-order valence-corrected chi connectivity index (χ1v) is 9.94. The van der Waals surface area contributed by atoms with E-state index in [0.717, 1.165) is 6.29 Å². The predicted molar refractivity (Wildman–Crippen MR) is 111 cm³/mol. The van der Waals surface area contributed by atoms with Crippen LogP contribution >= 0.6 is 0 Å². The molecule has 0 aliphatic carbocycles. The second kappa shape index (κ2) is 20.3. The third kappa shape index (κ3) is 15.9. The van der Waals surface area contributed by atoms with Crippen LogP contribution in [-0.2, 0) is 28.4 Å². The van der Waals surface area contributed by atoms with Crippen LogP contribution in [0.15, 0.2) is 24.3 Å². The summed E-state index contributed by atoms with van der Waals surface area (Å²) in [6.45, 7) is 6.26. The van der Waals surface area contributed by atoms with Crippen molar-refractivity contribution in [2.75, 3.05) is 85.9 Å². The Morgan fingerprint density at radius 3 is 1.43 bits per heavy atom. The average molecular weight is 424 g/mol. The molecular formula is C22H32O8. The molecule has 1 rings (SSSR count). The maximum absolute atomic E-state index is 10.6. The van der Waals surface area contributed by atoms with Gasteiger partial charge in [-0.2, -0.15) is 0 Å². The molecular weight excluding hydrogens is 392 g/mol. The number of aldehydes is 1. The van der Waals surface area contributed by atoms with E-state index < -0.39 is 0 Å². The number of rotatable bonds is 21. The van der Waals surface area contributed by atoms with Crippen LogP contribution in [0.3, 0.4) is 0 Å². The Labute approximate surface area is 178 Å². The number of carbonyl (C=O) groups is 1. The van der Waals surface area contributed by atoms with Crippen molar-refractivity contribution in [2.45, 2.75) is 0 Å². The summed E-state index contributed by atoms with van der Waals surface area (Å²) in [7, 11) is 0. The number of hydrogen-bond acceptors (Lipinski definition) is 8. The standard InChI is InChI=1S/C22H32O8/c1-2-7-24-8-9-25-10-11-26-12-13-27-14-15-28-16-17-29-18-19-30-22-5-3-21(20-23)4-6-22/h1,3-6,20H,7-19H2. The molecule has 0 saturated heterocycles. The van der Waals surface area contributed by atoms with Gasteiger partial charge in [0.15, 0.2) is 0 Å². The van der Waals surface area contributed by atoms with E-state index in [4.69, 9.17) is 39.6 Å². The van der Waals surface area contributed by atoms with Crippen molar-refractivity contribution in [2.24, 2.45) is 0 Å². The smallest absolute Gasteiger partial charge is 0.150 e. The zero-order valence-electron chi connectivity index (χ0n) is 17.4. The van der Waals surface area contributed by atoms with Gasteiger partial charge in [0.2, 0.25) is 0 Å². The summed E-state index contributed by atoms with van der Waals surface area (Å²) in [4.78, 5) is 10.6. The van der Waals surface area contributed by atoms with E-state index in [-0.39, 0.29) is 0 Å². The highest BCUT2D eigenvalue weighted by atomic mass is 16.6. The van der Waals surface area contributed by atoms with Crippen molar-refractivity contribution in [1.29, 1.82) is 0 Å². The molecule has 0 aliphatic rings. The van der Waals surface area contributed by atoms with E-state index >= 15 is 0 Å². The van der Waals surface area contributed by atoms with Crippen molar-refractivity contribution in [3.05, 3.63) is 29.8 Å². The Morgan fingerprint density at radius 1 is 0.633 bits per heavy atom. The Hall–Kier alpha value is -1.99. The summed E-state index contributed by atoms with van der Waals surface area (Å²) < 4.78 is 37.5. The number of ether oxygens (including phenoxy) is 7. The summed E-state index contributed by atoms with van der Waals surface area (Å²) in [5.74, 6) is 3.10. The van der Waals surface area contributed by atoms with Gasteiger partial charge >= 0.3 is 0 Å². The van der Waals surface area contributed by atoms with Gasteiger partial charge in [-0.1, -0.05) is 5.92 Å². The molecule has 0 amide bonds. The highest BCUT2D eigenvalue weighted by Crippen LogP contribution is 2.10. The van der Waals surface area contributed by atoms with Crippen molar-refractivity contribution in [3.8, 4) is 18.1 Å². The fourth-order valence-electron chi connectivity index (χ4n) is 2.09. The molecule has 0 atom stereocenters. The molecule has 0 spiro atoms. The van der Waals surface area contributed by atoms with Crippen molar-refractivity contribution in [1.82, 2.24) is 0 Å². The molecule has 0 aliphatic heterocycles. The first kappa shape index (κ1) is 26.0. The van der Waals surface area contributed by atoms with Gasteiger partial charge in [0.25, 0.3) is 0 Å². The maximum Gasteiger partial charge on any atom is 0.150 e. The van der Waals surface area contributed by atoms with Gasteiger partial charge < -0.3 is 33.2 Å². The zero-order chi connectivity index (χ0) is 21.5. The molecule has 0 unspecified atom stereocenters. The van der Waals surface area contributed by atoms with Crippen LogP contribution in [0.25, 0.3) is 0 Å². The second-order valence-corrected chi connectivity index (χ2v) is 5.85. The van der Waals surface area contributed by atoms with E-state index in [9.17, 15) is 4.79 Å². The minimum atomic E-state index is 0.309. The molecule has 30 heavy (non-hydrogen) atoms. The number of hydrogen-bond donors (Lipinski definition) is 0. The van der Waals surface area contributed by atoms with Crippen LogP contribution < -0.4 is 4.74 Å². The number of carbonyl (C=O) groups excluding carboxylic acids is 1. The summed E-state index contributed by atoms with van der Waals surface area (Å²) in [5, 5.41) is 0. The van der Waals surface area contributed by atoms with Gasteiger partial charge in [-0.05, 0) is 24.3 Å². The fourth-order valence-corrected chi connectivity index (χ4v) is 2.09. The molecule has 0 fully saturated rings. The van der Waals surface area contributed by atoms with Gasteiger partial charge in [-0.3, -0.25) is 4.79 Å². The summed E-state index contributed by atoms with van der Waals surface area (Å²) in [6, 6.07) is 6.93. The van der Waals surface area contributed by atoms with Crippen molar-refractivity contribution < 1.29 is 38.0 Å². The van der Waals surface area contributed by atoms with E-state index in [1.165, 1.54) is 0 Å². The lowest BCUT2D eigenvalue weighted by Crippen LogP contribution is -2.14. The molecule has 0 heterocycles. The fraction of sp³-hybridized carbons (Fsp3) is 0.591. The molecule has 0 N–H and O–H groups in total. The molecule has 0 saturated carbocycles. The lowest BCUT2D eigenvalue weighted by Gasteiger charge is -2.09. The van der Waals surface area contributed by atoms with Crippen LogP contribution in [0.4, 0.5) is 0 Å². The minimum absolute atomic E-state index is 0.309. The first-order valence-electron chi connectivity index (χ1n) is 9.94. The van der Waals surface area contributed by atoms with Crippen LogP contribution in [-0.4, -0.2) is 92.2 Å². The molecule has 1 aromatic carbocycles. The molecule has 0 aromatic heterocycles. The van der Waals surface area contributed by atoms with Crippen LogP contribution in [0, 0.1) is 12.3 Å². The van der Waals surface area contributed by atoms with E-state index in [1.54, 1.807) is 24.3 Å². The Balaban J connectivity index is 1.72. The Morgan fingerprint density at radius 2 is 1.03 bits per heavy atom. The summed E-state index contributed by atoms with van der Waals surface area (Å²) >= 11 is 0. The quantitative estimate of drug-likeness (QED) is 0.167. The largest absolute Gasteiger partial charge is 0.491 e. The highest BCUT2D eigenvalue weighted by molar-refractivity contribution is 5.74. The van der Waals surface area contributed by atoms with E-state index in [0.29, 0.717) is 97.2 Å². The van der Waals surface area contributed by atoms with Crippen LogP contribution in [0.2, 0.25) is 0 Å². The molecule has 0 radical (unpaired) electrons. The monoisotopic (exact) mass is 424 g/mol. The van der Waals surface area contributed by atoms with E-state index in [1.807, 2.05) is 0 Å². The third-order valence-corrected chi connectivity index (χ3v) is 3.56. The van der Waals surface area contributed by atoms with Gasteiger partial charge in [0.05, 0.1) is 72.7 Å². The third-order valence-electron chi connectivity index (χ3n) is 3.56. The molecule has 0 bridgehead atoms. The lowest BCUT2D eigenvalue weighted by atomic mass is 10.2. The topological polar surface area (TPSA) is 81.7 Å². The first-order chi connectivity index (χ1) is 14.9. The Kier molecular flexibility index (Phi) is 17.6. The van der Waals surface area contributed by atoms with E-state index in [2.05, 4.69) is 5.92 Å². The van der Waals surface area contributed by atoms with Gasteiger partial charge in [-0.15, -0.1) is 6.42 Å². The normalized spacial score (nSPS) is 10.6. The van der Waals surface area contributed by atoms with Crippen LogP contribution in [0.1, 0.15) is 10.4 Å². The predicted octanol–water partition coefficient (Wildman–Crippen LogP) is 1.61. The SMILES string of the molecule is C#CCOCCOCCOCCOCCOCCOCCOc1ccc(C=O)cc1. The average Bonchev–Trinajstić information content (AvgIpc) is 2.78. The van der Waals surface area contributed by atoms with Crippen LogP contribution in [0.5, 0.6) is 5.75 Å². The van der Waals surface area contributed by atoms with Crippen molar-refractivity contribution in [3.63, 3.8) is 0 Å².